The van der Waals surface area contributed by atoms with Gasteiger partial charge in [-0.1, -0.05) is 11.8 Å². The number of aromatic nitrogens is 5. The Labute approximate surface area is 260 Å². The van der Waals surface area contributed by atoms with Crippen molar-refractivity contribution in [3.63, 3.8) is 0 Å². The molecule has 12 heteroatoms. The average Bonchev–Trinajstić information content (AvgIpc) is 3.53. The topological polar surface area (TPSA) is 118 Å². The van der Waals surface area contributed by atoms with E-state index in [0.717, 1.165) is 41.7 Å². The molecule has 1 aliphatic heterocycles. The molecule has 44 heavy (non-hydrogen) atoms. The lowest BCUT2D eigenvalue weighted by molar-refractivity contribution is 0.166. The summed E-state index contributed by atoms with van der Waals surface area (Å²) in [5.41, 5.74) is 1.31. The van der Waals surface area contributed by atoms with Gasteiger partial charge in [0.05, 0.1) is 41.9 Å². The molecule has 6 rings (SSSR count). The maximum atomic E-state index is 12.6. The second-order valence-electron chi connectivity index (χ2n) is 12.5. The van der Waals surface area contributed by atoms with E-state index in [1.165, 1.54) is 50.9 Å². The SMILES string of the molecule is CN(C)C[C@H]1CC[C@H](COc2cc(Nc3ccnc(-c4cnn(S(=O)(=O)C5CC5)c4)n3)ncc2C#CCN2CCCC2)CC1. The summed E-state index contributed by atoms with van der Waals surface area (Å²) >= 11 is 0. The Hall–Kier alpha value is -3.53. The van der Waals surface area contributed by atoms with Crippen molar-refractivity contribution in [1.82, 2.24) is 33.9 Å². The van der Waals surface area contributed by atoms with E-state index in [1.54, 1.807) is 18.5 Å². The molecule has 2 saturated carbocycles. The van der Waals surface area contributed by atoms with Crippen LogP contribution < -0.4 is 10.1 Å². The quantitative estimate of drug-likeness (QED) is 0.316. The van der Waals surface area contributed by atoms with Gasteiger partial charge < -0.3 is 15.0 Å². The number of hydrogen-bond donors (Lipinski definition) is 1. The van der Waals surface area contributed by atoms with Gasteiger partial charge in [0, 0.05) is 25.0 Å². The highest BCUT2D eigenvalue weighted by atomic mass is 32.2. The molecule has 3 aromatic rings. The Morgan fingerprint density at radius 2 is 1.80 bits per heavy atom. The minimum Gasteiger partial charge on any atom is -0.492 e. The predicted octanol–water partition coefficient (Wildman–Crippen LogP) is 4.01. The number of nitrogens with zero attached hydrogens (tertiary/aromatic N) is 7. The maximum absolute atomic E-state index is 12.6. The van der Waals surface area contributed by atoms with Crippen molar-refractivity contribution in [3.8, 4) is 29.0 Å². The van der Waals surface area contributed by atoms with Crippen LogP contribution in [-0.4, -0.2) is 94.5 Å². The molecule has 0 unspecified atom stereocenters. The monoisotopic (exact) mass is 618 g/mol. The molecular formula is C32H42N8O3S. The Kier molecular flexibility index (Phi) is 9.44. The highest BCUT2D eigenvalue weighted by molar-refractivity contribution is 7.90. The molecule has 11 nitrogen and oxygen atoms in total. The summed E-state index contributed by atoms with van der Waals surface area (Å²) in [5.74, 6) is 10.1. The Balaban J connectivity index is 1.15. The fourth-order valence-electron chi connectivity index (χ4n) is 5.99. The Morgan fingerprint density at radius 3 is 2.55 bits per heavy atom. The number of rotatable bonds is 11. The van der Waals surface area contributed by atoms with Crippen LogP contribution in [0.5, 0.6) is 5.75 Å². The van der Waals surface area contributed by atoms with Gasteiger partial charge in [-0.2, -0.15) is 9.19 Å². The number of nitrogens with one attached hydrogen (secondary N) is 1. The molecule has 234 valence electrons. The van der Waals surface area contributed by atoms with Crippen molar-refractivity contribution in [1.29, 1.82) is 0 Å². The molecule has 0 spiro atoms. The minimum absolute atomic E-state index is 0.349. The molecule has 1 saturated heterocycles. The van der Waals surface area contributed by atoms with Gasteiger partial charge in [0.2, 0.25) is 0 Å². The molecule has 4 heterocycles. The number of hydrogen-bond acceptors (Lipinski definition) is 10. The van der Waals surface area contributed by atoms with E-state index in [1.807, 2.05) is 6.07 Å². The third-order valence-corrected chi connectivity index (χ3v) is 10.6. The summed E-state index contributed by atoms with van der Waals surface area (Å²) in [6.45, 7) is 4.76. The molecule has 0 bridgehead atoms. The Morgan fingerprint density at radius 1 is 1.02 bits per heavy atom. The molecule has 0 radical (unpaired) electrons. The van der Waals surface area contributed by atoms with Gasteiger partial charge in [-0.25, -0.2) is 23.4 Å². The van der Waals surface area contributed by atoms with Crippen LogP contribution in [0.2, 0.25) is 0 Å². The minimum atomic E-state index is -3.46. The van der Waals surface area contributed by atoms with Gasteiger partial charge in [0.1, 0.15) is 17.4 Å². The molecule has 3 fully saturated rings. The van der Waals surface area contributed by atoms with E-state index in [-0.39, 0.29) is 5.25 Å². The van der Waals surface area contributed by atoms with Gasteiger partial charge in [0.25, 0.3) is 10.0 Å². The third-order valence-electron chi connectivity index (χ3n) is 8.59. The van der Waals surface area contributed by atoms with Crippen LogP contribution in [0, 0.1) is 23.7 Å². The summed E-state index contributed by atoms with van der Waals surface area (Å²) in [6, 6.07) is 3.63. The molecule has 3 aromatic heterocycles. The van der Waals surface area contributed by atoms with Crippen molar-refractivity contribution in [2.24, 2.45) is 11.8 Å². The van der Waals surface area contributed by atoms with E-state index in [9.17, 15) is 8.42 Å². The average molecular weight is 619 g/mol. The zero-order chi connectivity index (χ0) is 30.5. The van der Waals surface area contributed by atoms with Crippen LogP contribution in [0.3, 0.4) is 0 Å². The van der Waals surface area contributed by atoms with Gasteiger partial charge in [-0.3, -0.25) is 4.90 Å². The summed E-state index contributed by atoms with van der Waals surface area (Å²) < 4.78 is 32.6. The standard InChI is InChI=1S/C32H42N8O3S/c1-38(2)21-24-7-9-25(10-8-24)23-43-29-18-31(34-19-26(29)6-5-17-39-15-3-4-16-39)36-30-13-14-33-32(37-30)27-20-35-40(22-27)44(41,42)28-11-12-28/h13-14,18-20,22,24-25,28H,3-4,7-12,15-17,21,23H2,1-2H3,(H,33,34,36,37)/t24-,25-. The van der Waals surface area contributed by atoms with Crippen molar-refractivity contribution in [3.05, 3.63) is 42.5 Å². The summed E-state index contributed by atoms with van der Waals surface area (Å²) in [6.07, 6.45) is 15.0. The van der Waals surface area contributed by atoms with Crippen LogP contribution in [0.1, 0.15) is 56.9 Å². The first-order chi connectivity index (χ1) is 21.3. The molecule has 0 aromatic carbocycles. The Bertz CT molecular complexity index is 1590. The highest BCUT2D eigenvalue weighted by Gasteiger charge is 2.37. The van der Waals surface area contributed by atoms with Gasteiger partial charge in [-0.05, 0) is 96.5 Å². The van der Waals surface area contributed by atoms with Gasteiger partial charge >= 0.3 is 0 Å². The van der Waals surface area contributed by atoms with Crippen LogP contribution in [0.25, 0.3) is 11.4 Å². The lowest BCUT2D eigenvalue weighted by Crippen LogP contribution is -2.27. The summed E-state index contributed by atoms with van der Waals surface area (Å²) in [5, 5.41) is 6.98. The van der Waals surface area contributed by atoms with Crippen molar-refractivity contribution >= 4 is 21.7 Å². The number of anilines is 2. The fourth-order valence-corrected chi connectivity index (χ4v) is 7.46. The van der Waals surface area contributed by atoms with E-state index in [2.05, 4.69) is 61.1 Å². The molecular weight excluding hydrogens is 576 g/mol. The normalized spacial score (nSPS) is 20.8. The number of pyridine rings is 1. The first-order valence-corrected chi connectivity index (χ1v) is 17.2. The van der Waals surface area contributed by atoms with Crippen LogP contribution in [-0.2, 0) is 10.0 Å². The van der Waals surface area contributed by atoms with E-state index < -0.39 is 10.0 Å². The van der Waals surface area contributed by atoms with Crippen LogP contribution >= 0.6 is 0 Å². The van der Waals surface area contributed by atoms with E-state index in [0.29, 0.717) is 54.1 Å². The molecule has 1 N–H and O–H groups in total. The molecule has 0 amide bonds. The smallest absolute Gasteiger partial charge is 0.256 e. The van der Waals surface area contributed by atoms with Gasteiger partial charge in [0.15, 0.2) is 5.82 Å². The lowest BCUT2D eigenvalue weighted by Gasteiger charge is -2.30. The van der Waals surface area contributed by atoms with E-state index in [4.69, 9.17) is 4.74 Å². The first-order valence-electron chi connectivity index (χ1n) is 15.7. The molecule has 2 aliphatic carbocycles. The highest BCUT2D eigenvalue weighted by Crippen LogP contribution is 2.32. The zero-order valence-electron chi connectivity index (χ0n) is 25.7. The maximum Gasteiger partial charge on any atom is 0.256 e. The lowest BCUT2D eigenvalue weighted by atomic mass is 9.82. The molecule has 0 atom stereocenters. The number of likely N-dealkylation sites (tertiary alicyclic amines) is 1. The second kappa shape index (κ2) is 13.6. The van der Waals surface area contributed by atoms with Crippen LogP contribution in [0.15, 0.2) is 36.9 Å². The third kappa shape index (κ3) is 7.75. The predicted molar refractivity (Wildman–Crippen MR) is 170 cm³/mol. The number of ether oxygens (including phenoxy) is 1. The van der Waals surface area contributed by atoms with E-state index >= 15 is 0 Å². The van der Waals surface area contributed by atoms with Crippen molar-refractivity contribution < 1.29 is 13.2 Å². The van der Waals surface area contributed by atoms with Crippen molar-refractivity contribution in [2.75, 3.05) is 52.2 Å². The largest absolute Gasteiger partial charge is 0.492 e. The summed E-state index contributed by atoms with van der Waals surface area (Å²) in [7, 11) is 0.837. The fraction of sp³-hybridized carbons (Fsp3) is 0.562. The summed E-state index contributed by atoms with van der Waals surface area (Å²) in [4.78, 5) is 18.2. The van der Waals surface area contributed by atoms with Gasteiger partial charge in [-0.15, -0.1) is 0 Å². The zero-order valence-corrected chi connectivity index (χ0v) is 26.5. The van der Waals surface area contributed by atoms with Crippen molar-refractivity contribution in [2.45, 2.75) is 56.6 Å². The van der Waals surface area contributed by atoms with Crippen LogP contribution in [0.4, 0.5) is 11.6 Å². The second-order valence-corrected chi connectivity index (χ2v) is 14.6. The first kappa shape index (κ1) is 30.5. The molecule has 3 aliphatic rings.